The summed E-state index contributed by atoms with van der Waals surface area (Å²) in [5.41, 5.74) is 6.56. The first-order valence-corrected chi connectivity index (χ1v) is 7.61. The second-order valence-corrected chi connectivity index (χ2v) is 5.71. The van der Waals surface area contributed by atoms with Gasteiger partial charge in [0.15, 0.2) is 5.84 Å². The topological polar surface area (TPSA) is 93.6 Å². The number of rotatable bonds is 3. The van der Waals surface area contributed by atoms with Crippen LogP contribution in [0.3, 0.4) is 0 Å². The van der Waals surface area contributed by atoms with E-state index < -0.39 is 0 Å². The fourth-order valence-electron chi connectivity index (χ4n) is 2.81. The molecule has 0 saturated carbocycles. The summed E-state index contributed by atoms with van der Waals surface area (Å²) in [6.07, 6.45) is 1.35. The molecule has 7 nitrogen and oxygen atoms in total. The molecular formula is C15H18ClN5O2. The van der Waals surface area contributed by atoms with Gasteiger partial charge in [0.05, 0.1) is 25.4 Å². The molecule has 0 aliphatic carbocycles. The zero-order valence-corrected chi connectivity index (χ0v) is 13.3. The van der Waals surface area contributed by atoms with E-state index in [-0.39, 0.29) is 12.2 Å². The second-order valence-electron chi connectivity index (χ2n) is 5.27. The summed E-state index contributed by atoms with van der Waals surface area (Å²) in [5.74, 6) is 1.08. The minimum Gasteiger partial charge on any atom is -0.490 e. The van der Waals surface area contributed by atoms with Crippen molar-refractivity contribution in [3.63, 3.8) is 0 Å². The highest BCUT2D eigenvalue weighted by Gasteiger charge is 2.44. The van der Waals surface area contributed by atoms with Gasteiger partial charge in [-0.15, -0.1) is 0 Å². The Bertz CT molecular complexity index is 668. The van der Waals surface area contributed by atoms with Gasteiger partial charge >= 0.3 is 0 Å². The van der Waals surface area contributed by atoms with Crippen LogP contribution in [0.2, 0.25) is 5.02 Å². The maximum Gasteiger partial charge on any atom is 0.164 e. The van der Waals surface area contributed by atoms with Crippen molar-refractivity contribution < 1.29 is 9.47 Å². The first kappa shape index (κ1) is 16.1. The van der Waals surface area contributed by atoms with E-state index in [1.807, 2.05) is 6.07 Å². The van der Waals surface area contributed by atoms with Gasteiger partial charge in [-0.05, 0) is 18.9 Å². The molecule has 23 heavy (non-hydrogen) atoms. The lowest BCUT2D eigenvalue weighted by Crippen LogP contribution is -2.52. The molecule has 0 aromatic heterocycles. The van der Waals surface area contributed by atoms with Crippen molar-refractivity contribution in [2.24, 2.45) is 20.7 Å². The average molecular weight is 336 g/mol. The summed E-state index contributed by atoms with van der Waals surface area (Å²) >= 11 is 6.30. The van der Waals surface area contributed by atoms with Gasteiger partial charge < -0.3 is 20.5 Å². The van der Waals surface area contributed by atoms with Crippen LogP contribution in [-0.4, -0.2) is 51.9 Å². The highest BCUT2D eigenvalue weighted by Crippen LogP contribution is 2.42. The van der Waals surface area contributed by atoms with E-state index in [0.717, 1.165) is 12.1 Å². The number of halogens is 1. The highest BCUT2D eigenvalue weighted by molar-refractivity contribution is 6.31. The highest BCUT2D eigenvalue weighted by atomic mass is 35.5. The summed E-state index contributed by atoms with van der Waals surface area (Å²) in [6, 6.07) is 3.65. The SMILES string of the molecule is C=NC(=N/C=N\CN)c1cc(Cl)cc2c1OCC21COCCN1. The van der Waals surface area contributed by atoms with Crippen molar-refractivity contribution in [1.29, 1.82) is 0 Å². The van der Waals surface area contributed by atoms with E-state index in [2.05, 4.69) is 27.0 Å². The third-order valence-electron chi connectivity index (χ3n) is 3.85. The van der Waals surface area contributed by atoms with Gasteiger partial charge in [0.25, 0.3) is 0 Å². The fraction of sp³-hybridized carbons (Fsp3) is 0.400. The average Bonchev–Trinajstić information content (AvgIpc) is 2.90. The van der Waals surface area contributed by atoms with Gasteiger partial charge in [0.2, 0.25) is 0 Å². The number of fused-ring (bicyclic) bond motifs is 2. The predicted molar refractivity (Wildman–Crippen MR) is 91.1 cm³/mol. The van der Waals surface area contributed by atoms with Gasteiger partial charge in [-0.3, -0.25) is 4.99 Å². The lowest BCUT2D eigenvalue weighted by atomic mass is 9.90. The normalized spacial score (nSPS) is 24.0. The second kappa shape index (κ2) is 6.76. The molecule has 1 aromatic rings. The van der Waals surface area contributed by atoms with Crippen LogP contribution in [0, 0.1) is 0 Å². The summed E-state index contributed by atoms with van der Waals surface area (Å²) in [7, 11) is 0. The molecule has 2 aliphatic rings. The third-order valence-corrected chi connectivity index (χ3v) is 4.07. The molecule has 1 spiro atoms. The number of aliphatic imine (C=N–C) groups is 3. The molecule has 0 radical (unpaired) electrons. The van der Waals surface area contributed by atoms with E-state index in [1.54, 1.807) is 6.07 Å². The summed E-state index contributed by atoms with van der Waals surface area (Å²) in [6.45, 7) is 6.16. The van der Waals surface area contributed by atoms with Gasteiger partial charge in [0.1, 0.15) is 24.2 Å². The lowest BCUT2D eigenvalue weighted by molar-refractivity contribution is 0.0160. The molecule has 1 unspecified atom stereocenters. The van der Waals surface area contributed by atoms with Crippen molar-refractivity contribution in [3.05, 3.63) is 28.3 Å². The molecule has 1 aromatic carbocycles. The van der Waals surface area contributed by atoms with E-state index >= 15 is 0 Å². The Balaban J connectivity index is 2.07. The molecule has 1 saturated heterocycles. The van der Waals surface area contributed by atoms with Crippen molar-refractivity contribution >= 4 is 30.5 Å². The van der Waals surface area contributed by atoms with Crippen LogP contribution in [0.4, 0.5) is 0 Å². The number of ether oxygens (including phenoxy) is 2. The van der Waals surface area contributed by atoms with Crippen LogP contribution in [0.15, 0.2) is 27.1 Å². The fourth-order valence-corrected chi connectivity index (χ4v) is 3.03. The van der Waals surface area contributed by atoms with Crippen molar-refractivity contribution in [3.8, 4) is 5.75 Å². The number of hydrogen-bond donors (Lipinski definition) is 2. The first-order chi connectivity index (χ1) is 11.2. The number of nitrogens with zero attached hydrogens (tertiary/aromatic N) is 3. The molecule has 8 heteroatoms. The maximum absolute atomic E-state index is 6.30. The van der Waals surface area contributed by atoms with Crippen LogP contribution in [0.5, 0.6) is 5.75 Å². The van der Waals surface area contributed by atoms with Gasteiger partial charge in [-0.1, -0.05) is 11.6 Å². The Hall–Kier alpha value is -1.80. The van der Waals surface area contributed by atoms with Crippen molar-refractivity contribution in [2.45, 2.75) is 5.54 Å². The quantitative estimate of drug-likeness (QED) is 0.635. The smallest absolute Gasteiger partial charge is 0.164 e. The molecule has 0 bridgehead atoms. The van der Waals surface area contributed by atoms with Crippen LogP contribution < -0.4 is 15.8 Å². The number of benzene rings is 1. The molecule has 3 rings (SSSR count). The Morgan fingerprint density at radius 2 is 2.35 bits per heavy atom. The maximum atomic E-state index is 6.30. The number of nitrogens with one attached hydrogen (secondary N) is 1. The summed E-state index contributed by atoms with van der Waals surface area (Å²) in [5, 5.41) is 4.05. The summed E-state index contributed by atoms with van der Waals surface area (Å²) in [4.78, 5) is 12.0. The van der Waals surface area contributed by atoms with Gasteiger partial charge in [0, 0.05) is 17.1 Å². The Labute approximate surface area is 139 Å². The number of amidine groups is 1. The molecule has 3 N–H and O–H groups in total. The zero-order chi connectivity index (χ0) is 16.3. The Kier molecular flexibility index (Phi) is 4.72. The minimum atomic E-state index is -0.384. The molecule has 1 fully saturated rings. The van der Waals surface area contributed by atoms with Crippen molar-refractivity contribution in [1.82, 2.24) is 5.32 Å². The van der Waals surface area contributed by atoms with Crippen molar-refractivity contribution in [2.75, 3.05) is 33.0 Å². The molecule has 122 valence electrons. The molecule has 0 amide bonds. The van der Waals surface area contributed by atoms with Crippen LogP contribution >= 0.6 is 11.6 Å². The lowest BCUT2D eigenvalue weighted by Gasteiger charge is -2.33. The monoisotopic (exact) mass is 335 g/mol. The Morgan fingerprint density at radius 1 is 1.48 bits per heavy atom. The van der Waals surface area contributed by atoms with Crippen LogP contribution in [0.1, 0.15) is 11.1 Å². The molecule has 2 aliphatic heterocycles. The van der Waals surface area contributed by atoms with E-state index in [4.69, 9.17) is 26.8 Å². The van der Waals surface area contributed by atoms with E-state index in [1.165, 1.54) is 6.34 Å². The third kappa shape index (κ3) is 3.00. The van der Waals surface area contributed by atoms with Crippen LogP contribution in [-0.2, 0) is 10.3 Å². The Morgan fingerprint density at radius 3 is 3.04 bits per heavy atom. The predicted octanol–water partition coefficient (Wildman–Crippen LogP) is 0.939. The van der Waals surface area contributed by atoms with Gasteiger partial charge in [-0.25, -0.2) is 9.98 Å². The van der Waals surface area contributed by atoms with Gasteiger partial charge in [-0.2, -0.15) is 0 Å². The van der Waals surface area contributed by atoms with E-state index in [9.17, 15) is 0 Å². The first-order valence-electron chi connectivity index (χ1n) is 7.23. The number of morpholine rings is 1. The van der Waals surface area contributed by atoms with E-state index in [0.29, 0.717) is 42.0 Å². The number of hydrogen-bond acceptors (Lipinski definition) is 5. The standard InChI is InChI=1S/C15H18ClN5O2/c1-18-14(20-9-19-8-17)11-4-10(16)5-12-13(11)23-7-15(12)6-22-3-2-21-15/h4-5,9,21H,1-3,6-8,17H2/b19-9-,20-14?. The van der Waals surface area contributed by atoms with Crippen LogP contribution in [0.25, 0.3) is 0 Å². The molecular weight excluding hydrogens is 318 g/mol. The number of nitrogens with two attached hydrogens (primary N) is 1. The minimum absolute atomic E-state index is 0.155. The molecule has 2 heterocycles. The molecule has 1 atom stereocenters. The zero-order valence-electron chi connectivity index (χ0n) is 12.6. The summed E-state index contributed by atoms with van der Waals surface area (Å²) < 4.78 is 11.6. The largest absolute Gasteiger partial charge is 0.490 e.